The highest BCUT2D eigenvalue weighted by molar-refractivity contribution is 7.80. The highest BCUT2D eigenvalue weighted by Gasteiger charge is 1.95. The topological polar surface area (TPSA) is 52.0 Å². The van der Waals surface area contributed by atoms with Gasteiger partial charge in [0.25, 0.3) is 0 Å². The molecule has 0 aliphatic carbocycles. The van der Waals surface area contributed by atoms with E-state index >= 15 is 0 Å². The Bertz CT molecular complexity index is 284. The van der Waals surface area contributed by atoms with E-state index in [-0.39, 0.29) is 0 Å². The van der Waals surface area contributed by atoms with Gasteiger partial charge in [-0.1, -0.05) is 36.5 Å². The molecule has 0 bridgehead atoms. The lowest BCUT2D eigenvalue weighted by Crippen LogP contribution is -2.11. The predicted octanol–water partition coefficient (Wildman–Crippen LogP) is 0.974. The molecule has 3 heteroatoms. The van der Waals surface area contributed by atoms with E-state index in [9.17, 15) is 0 Å². The van der Waals surface area contributed by atoms with Crippen LogP contribution in [-0.4, -0.2) is 4.99 Å². The second kappa shape index (κ2) is 4.18. The van der Waals surface area contributed by atoms with Crippen LogP contribution >= 0.6 is 12.2 Å². The zero-order valence-corrected chi connectivity index (χ0v) is 7.60. The van der Waals surface area contributed by atoms with Gasteiger partial charge >= 0.3 is 0 Å². The third-order valence-electron chi connectivity index (χ3n) is 1.61. The molecule has 0 unspecified atom stereocenters. The van der Waals surface area contributed by atoms with Crippen molar-refractivity contribution in [1.29, 1.82) is 0 Å². The highest BCUT2D eigenvalue weighted by atomic mass is 32.1. The Hall–Kier alpha value is -0.930. The maximum Gasteiger partial charge on any atom is 0.0771 e. The van der Waals surface area contributed by atoms with Crippen LogP contribution in [0.2, 0.25) is 0 Å². The van der Waals surface area contributed by atoms with Crippen LogP contribution < -0.4 is 11.5 Å². The molecule has 12 heavy (non-hydrogen) atoms. The van der Waals surface area contributed by atoms with Crippen LogP contribution in [0.25, 0.3) is 0 Å². The molecule has 0 heterocycles. The maximum absolute atomic E-state index is 5.49. The molecule has 0 aromatic heterocycles. The summed E-state index contributed by atoms with van der Waals surface area (Å²) in [6.45, 7) is 0.561. The van der Waals surface area contributed by atoms with E-state index in [1.165, 1.54) is 0 Å². The van der Waals surface area contributed by atoms with Crippen molar-refractivity contribution >= 4 is 17.2 Å². The van der Waals surface area contributed by atoms with Crippen LogP contribution in [0.5, 0.6) is 0 Å². The first-order valence-corrected chi connectivity index (χ1v) is 4.19. The van der Waals surface area contributed by atoms with E-state index in [0.29, 0.717) is 18.0 Å². The summed E-state index contributed by atoms with van der Waals surface area (Å²) in [4.78, 5) is 0.518. The van der Waals surface area contributed by atoms with Gasteiger partial charge < -0.3 is 11.5 Å². The summed E-state index contributed by atoms with van der Waals surface area (Å²) in [5.41, 5.74) is 13.1. The number of hydrogen-bond donors (Lipinski definition) is 2. The van der Waals surface area contributed by atoms with E-state index < -0.39 is 0 Å². The molecule has 0 amide bonds. The van der Waals surface area contributed by atoms with Gasteiger partial charge in [0.15, 0.2) is 0 Å². The van der Waals surface area contributed by atoms with Crippen molar-refractivity contribution in [3.05, 3.63) is 35.4 Å². The minimum Gasteiger partial charge on any atom is -0.393 e. The van der Waals surface area contributed by atoms with Crippen molar-refractivity contribution < 1.29 is 0 Å². The first-order valence-electron chi connectivity index (χ1n) is 3.78. The molecule has 0 aliphatic rings. The van der Waals surface area contributed by atoms with Crippen LogP contribution in [0.15, 0.2) is 24.3 Å². The number of nitrogens with two attached hydrogens (primary N) is 2. The fourth-order valence-electron chi connectivity index (χ4n) is 1.07. The Morgan fingerprint density at radius 2 is 2.00 bits per heavy atom. The van der Waals surface area contributed by atoms with Gasteiger partial charge in [-0.2, -0.15) is 0 Å². The molecule has 4 N–H and O–H groups in total. The zero-order valence-electron chi connectivity index (χ0n) is 6.79. The Morgan fingerprint density at radius 1 is 1.33 bits per heavy atom. The van der Waals surface area contributed by atoms with E-state index in [1.54, 1.807) is 0 Å². The SMILES string of the molecule is NCc1cccc(CC(N)=S)c1. The monoisotopic (exact) mass is 180 g/mol. The van der Waals surface area contributed by atoms with Crippen molar-refractivity contribution in [2.45, 2.75) is 13.0 Å². The Balaban J connectivity index is 2.79. The summed E-state index contributed by atoms with van der Waals surface area (Å²) in [7, 11) is 0. The molecule has 0 saturated carbocycles. The molecule has 0 fully saturated rings. The van der Waals surface area contributed by atoms with Gasteiger partial charge in [-0.05, 0) is 11.1 Å². The summed E-state index contributed by atoms with van der Waals surface area (Å²) in [5, 5.41) is 0. The standard InChI is InChI=1S/C9H12N2S/c10-6-8-3-1-2-7(4-8)5-9(11)12/h1-4H,5-6,10H2,(H2,11,12). The molecule has 0 atom stereocenters. The smallest absolute Gasteiger partial charge is 0.0771 e. The first-order chi connectivity index (χ1) is 5.72. The lowest BCUT2D eigenvalue weighted by Gasteiger charge is -2.01. The van der Waals surface area contributed by atoms with Crippen LogP contribution in [0.4, 0.5) is 0 Å². The van der Waals surface area contributed by atoms with E-state index in [4.69, 9.17) is 23.7 Å². The second-order valence-corrected chi connectivity index (χ2v) is 3.19. The molecule has 0 radical (unpaired) electrons. The van der Waals surface area contributed by atoms with Crippen molar-refractivity contribution in [1.82, 2.24) is 0 Å². The summed E-state index contributed by atoms with van der Waals surface area (Å²) in [6, 6.07) is 7.98. The minimum absolute atomic E-state index is 0.518. The normalized spacial score (nSPS) is 9.75. The summed E-state index contributed by atoms with van der Waals surface area (Å²) >= 11 is 4.80. The van der Waals surface area contributed by atoms with Gasteiger partial charge in [0, 0.05) is 13.0 Å². The average Bonchev–Trinajstić information content (AvgIpc) is 2.03. The quantitative estimate of drug-likeness (QED) is 0.682. The third-order valence-corrected chi connectivity index (χ3v) is 1.75. The van der Waals surface area contributed by atoms with Gasteiger partial charge in [0.1, 0.15) is 0 Å². The van der Waals surface area contributed by atoms with Crippen molar-refractivity contribution in [2.75, 3.05) is 0 Å². The summed E-state index contributed by atoms with van der Waals surface area (Å²) in [6.07, 6.45) is 0.656. The number of hydrogen-bond acceptors (Lipinski definition) is 2. The maximum atomic E-state index is 5.49. The molecular weight excluding hydrogens is 168 g/mol. The van der Waals surface area contributed by atoms with E-state index in [0.717, 1.165) is 11.1 Å². The van der Waals surface area contributed by atoms with Gasteiger partial charge in [0.2, 0.25) is 0 Å². The van der Waals surface area contributed by atoms with Crippen LogP contribution in [0.1, 0.15) is 11.1 Å². The van der Waals surface area contributed by atoms with Crippen LogP contribution in [0.3, 0.4) is 0 Å². The van der Waals surface area contributed by atoms with Crippen LogP contribution in [0, 0.1) is 0 Å². The van der Waals surface area contributed by atoms with Gasteiger partial charge in [0.05, 0.1) is 4.99 Å². The lowest BCUT2D eigenvalue weighted by atomic mass is 10.1. The Kier molecular flexibility index (Phi) is 3.19. The Morgan fingerprint density at radius 3 is 2.58 bits per heavy atom. The molecule has 0 aliphatic heterocycles. The molecule has 0 saturated heterocycles. The van der Waals surface area contributed by atoms with Gasteiger partial charge in [-0.15, -0.1) is 0 Å². The second-order valence-electron chi connectivity index (χ2n) is 2.67. The van der Waals surface area contributed by atoms with Gasteiger partial charge in [-0.25, -0.2) is 0 Å². The zero-order chi connectivity index (χ0) is 8.97. The van der Waals surface area contributed by atoms with Gasteiger partial charge in [-0.3, -0.25) is 0 Å². The molecule has 1 aromatic rings. The molecular formula is C9H12N2S. The number of benzene rings is 1. The fourth-order valence-corrected chi connectivity index (χ4v) is 1.23. The molecule has 2 nitrogen and oxygen atoms in total. The Labute approximate surface area is 77.6 Å². The van der Waals surface area contributed by atoms with Crippen molar-refractivity contribution in [3.63, 3.8) is 0 Å². The lowest BCUT2D eigenvalue weighted by molar-refractivity contribution is 1.06. The molecule has 1 aromatic carbocycles. The average molecular weight is 180 g/mol. The van der Waals surface area contributed by atoms with Crippen molar-refractivity contribution in [2.24, 2.45) is 11.5 Å². The first kappa shape index (κ1) is 9.16. The predicted molar refractivity (Wildman–Crippen MR) is 54.8 cm³/mol. The highest BCUT2D eigenvalue weighted by Crippen LogP contribution is 2.05. The molecule has 0 spiro atoms. The van der Waals surface area contributed by atoms with Crippen molar-refractivity contribution in [3.8, 4) is 0 Å². The summed E-state index contributed by atoms with van der Waals surface area (Å²) < 4.78 is 0. The minimum atomic E-state index is 0.518. The number of rotatable bonds is 3. The third kappa shape index (κ3) is 2.60. The van der Waals surface area contributed by atoms with E-state index in [1.807, 2.05) is 24.3 Å². The molecule has 64 valence electrons. The van der Waals surface area contributed by atoms with Crippen LogP contribution in [-0.2, 0) is 13.0 Å². The fraction of sp³-hybridized carbons (Fsp3) is 0.222. The summed E-state index contributed by atoms with van der Waals surface area (Å²) in [5.74, 6) is 0. The van der Waals surface area contributed by atoms with E-state index in [2.05, 4.69) is 0 Å². The number of thiocarbonyl (C=S) groups is 1. The largest absolute Gasteiger partial charge is 0.393 e. The molecule has 1 rings (SSSR count).